The second-order valence-electron chi connectivity index (χ2n) is 6.38. The number of nitroso groups, excluding NO2 is 1. The molecule has 0 fully saturated rings. The van der Waals surface area contributed by atoms with Crippen LogP contribution in [0.25, 0.3) is 0 Å². The fourth-order valence-electron chi connectivity index (χ4n) is 2.50. The second-order valence-corrected chi connectivity index (χ2v) is 7.36. The van der Waals surface area contributed by atoms with E-state index in [1.165, 1.54) is 0 Å². The molecule has 0 aliphatic carbocycles. The molecule has 2 atom stereocenters. The summed E-state index contributed by atoms with van der Waals surface area (Å²) in [7, 11) is 0. The number of nitrogens with one attached hydrogen (secondary N) is 2. The highest BCUT2D eigenvalue weighted by atomic mass is 32.2. The summed E-state index contributed by atoms with van der Waals surface area (Å²) >= 11 is 1.55. The minimum Gasteiger partial charge on any atom is -0.347 e. The third-order valence-electron chi connectivity index (χ3n) is 3.81. The first-order valence-electron chi connectivity index (χ1n) is 8.65. The van der Waals surface area contributed by atoms with Crippen LogP contribution < -0.4 is 20.9 Å². The van der Waals surface area contributed by atoms with Gasteiger partial charge in [-0.3, -0.25) is 14.4 Å². The van der Waals surface area contributed by atoms with Crippen molar-refractivity contribution >= 4 is 35.7 Å². The van der Waals surface area contributed by atoms with Crippen LogP contribution in [0.15, 0.2) is 30.3 Å². The first kappa shape index (κ1) is 22.6. The summed E-state index contributed by atoms with van der Waals surface area (Å²) in [5, 5.41) is 8.72. The number of hydrogen-bond acceptors (Lipinski definition) is 6. The zero-order chi connectivity index (χ0) is 20.2. The van der Waals surface area contributed by atoms with Gasteiger partial charge in [-0.2, -0.15) is 11.8 Å². The molecule has 2 N–H and O–H groups in total. The molecule has 1 aromatic rings. The summed E-state index contributed by atoms with van der Waals surface area (Å²) in [4.78, 5) is 47.5. The van der Waals surface area contributed by atoms with Gasteiger partial charge in [-0.15, -0.1) is 0 Å². The lowest BCUT2D eigenvalue weighted by Gasteiger charge is -2.22. The van der Waals surface area contributed by atoms with Crippen LogP contribution in [0, 0.1) is 10.8 Å². The lowest BCUT2D eigenvalue weighted by molar-refractivity contribution is -0.130. The summed E-state index contributed by atoms with van der Waals surface area (Å²) in [5.74, 6) is -0.317. The standard InChI is InChI=1S/C18H26N4O4S/c1-13(2)11-16(20-17(24)15(19-12-23)9-10-27-3)18(25)22(21-26)14-7-5-4-6-8-14/h4-8,12-13,15-16H,9-11H2,1-3H3,(H,19,23)(H,20,24)/q+1/t15-,16-/m0/s1. The van der Waals surface area contributed by atoms with Crippen LogP contribution in [0.5, 0.6) is 0 Å². The molecule has 147 valence electrons. The third-order valence-corrected chi connectivity index (χ3v) is 4.45. The molecule has 1 rings (SSSR count). The Bertz CT molecular complexity index is 627. The normalized spacial score (nSPS) is 12.7. The van der Waals surface area contributed by atoms with Crippen molar-refractivity contribution in [2.24, 2.45) is 5.92 Å². The van der Waals surface area contributed by atoms with Gasteiger partial charge in [-0.1, -0.05) is 32.0 Å². The Balaban J connectivity index is 2.98. The molecule has 1 aromatic carbocycles. The number of thioether (sulfide) groups is 1. The average Bonchev–Trinajstić information content (AvgIpc) is 2.65. The Labute approximate surface area is 163 Å². The van der Waals surface area contributed by atoms with Crippen LogP contribution in [0.3, 0.4) is 0 Å². The van der Waals surface area contributed by atoms with E-state index in [0.29, 0.717) is 30.7 Å². The van der Waals surface area contributed by atoms with Crippen LogP contribution in [-0.2, 0) is 14.4 Å². The summed E-state index contributed by atoms with van der Waals surface area (Å²) in [6.07, 6.45) is 3.13. The monoisotopic (exact) mass is 394 g/mol. The fourth-order valence-corrected chi connectivity index (χ4v) is 2.98. The van der Waals surface area contributed by atoms with E-state index in [1.54, 1.807) is 42.1 Å². The number of nitrogens with zero attached hydrogens (tertiary/aromatic N) is 2. The molecule has 0 spiro atoms. The molecule has 0 bridgehead atoms. The fraction of sp³-hybridized carbons (Fsp3) is 0.500. The number of amides is 3. The number of benzene rings is 1. The minimum atomic E-state index is -0.930. The third kappa shape index (κ3) is 7.38. The number of para-hydroxylation sites is 1. The highest BCUT2D eigenvalue weighted by Gasteiger charge is 2.36. The van der Waals surface area contributed by atoms with E-state index >= 15 is 0 Å². The maximum atomic E-state index is 12.9. The van der Waals surface area contributed by atoms with E-state index in [-0.39, 0.29) is 5.92 Å². The van der Waals surface area contributed by atoms with Crippen molar-refractivity contribution in [3.8, 4) is 0 Å². The van der Waals surface area contributed by atoms with E-state index in [9.17, 15) is 19.3 Å². The molecule has 0 saturated carbocycles. The van der Waals surface area contributed by atoms with Crippen LogP contribution in [-0.4, -0.2) is 42.3 Å². The molecule has 0 unspecified atom stereocenters. The van der Waals surface area contributed by atoms with Crippen molar-refractivity contribution in [2.45, 2.75) is 38.8 Å². The summed E-state index contributed by atoms with van der Waals surface area (Å²) in [5.41, 5.74) is 0.324. The van der Waals surface area contributed by atoms with Gasteiger partial charge in [0, 0.05) is 5.01 Å². The smallest absolute Gasteiger partial charge is 0.347 e. The Hall–Kier alpha value is -2.42. The van der Waals surface area contributed by atoms with E-state index in [4.69, 9.17) is 0 Å². The molecular formula is C18H26N4O4S+. The van der Waals surface area contributed by atoms with Crippen molar-refractivity contribution in [3.05, 3.63) is 35.2 Å². The number of anilines is 1. The molecule has 8 nitrogen and oxygen atoms in total. The van der Waals surface area contributed by atoms with Crippen LogP contribution in [0.4, 0.5) is 5.69 Å². The number of hydrogen-bond donors (Lipinski definition) is 2. The summed E-state index contributed by atoms with van der Waals surface area (Å²) in [6, 6.07) is 6.62. The Morgan fingerprint density at radius 2 is 1.89 bits per heavy atom. The minimum absolute atomic E-state index is 0.0900. The van der Waals surface area contributed by atoms with Crippen molar-refractivity contribution in [1.29, 1.82) is 0 Å². The Morgan fingerprint density at radius 3 is 2.41 bits per heavy atom. The summed E-state index contributed by atoms with van der Waals surface area (Å²) < 4.78 is 0. The van der Waals surface area contributed by atoms with Crippen molar-refractivity contribution < 1.29 is 14.4 Å². The second kappa shape index (κ2) is 12.1. The molecule has 0 aliphatic heterocycles. The van der Waals surface area contributed by atoms with Gasteiger partial charge >= 0.3 is 11.2 Å². The van der Waals surface area contributed by atoms with Gasteiger partial charge in [0.25, 0.3) is 0 Å². The molecular weight excluding hydrogens is 368 g/mol. The lowest BCUT2D eigenvalue weighted by atomic mass is 10.0. The van der Waals surface area contributed by atoms with E-state index < -0.39 is 23.9 Å². The van der Waals surface area contributed by atoms with Gasteiger partial charge in [0.1, 0.15) is 22.7 Å². The van der Waals surface area contributed by atoms with Gasteiger partial charge in [-0.05, 0) is 42.9 Å². The number of rotatable bonds is 12. The van der Waals surface area contributed by atoms with E-state index in [2.05, 4.69) is 15.9 Å². The first-order valence-corrected chi connectivity index (χ1v) is 10.0. The molecule has 0 aliphatic rings. The predicted octanol–water partition coefficient (Wildman–Crippen LogP) is 1.44. The lowest BCUT2D eigenvalue weighted by Crippen LogP contribution is -2.54. The number of carbonyl (C=O) groups excluding carboxylic acids is 3. The van der Waals surface area contributed by atoms with Gasteiger partial charge in [0.2, 0.25) is 12.3 Å². The molecule has 27 heavy (non-hydrogen) atoms. The molecule has 1 radical (unpaired) electrons. The first-order chi connectivity index (χ1) is 12.9. The van der Waals surface area contributed by atoms with Gasteiger partial charge in [0.15, 0.2) is 0 Å². The Kier molecular flexibility index (Phi) is 10.1. The van der Waals surface area contributed by atoms with Gasteiger partial charge in [0.05, 0.1) is 0 Å². The van der Waals surface area contributed by atoms with Gasteiger partial charge < -0.3 is 10.6 Å². The predicted molar refractivity (Wildman–Crippen MR) is 107 cm³/mol. The van der Waals surface area contributed by atoms with Crippen LogP contribution >= 0.6 is 11.8 Å². The number of carbonyl (C=O) groups is 3. The molecule has 3 amide bonds. The van der Waals surface area contributed by atoms with Crippen molar-refractivity contribution in [3.63, 3.8) is 0 Å². The van der Waals surface area contributed by atoms with E-state index in [0.717, 1.165) is 5.01 Å². The summed E-state index contributed by atoms with van der Waals surface area (Å²) in [6.45, 7) is 3.81. The maximum Gasteiger partial charge on any atom is 0.494 e. The van der Waals surface area contributed by atoms with Crippen molar-refractivity contribution in [2.75, 3.05) is 17.0 Å². The molecule has 0 aromatic heterocycles. The molecule has 0 heterocycles. The van der Waals surface area contributed by atoms with E-state index in [1.807, 2.05) is 20.1 Å². The largest absolute Gasteiger partial charge is 0.494 e. The highest BCUT2D eigenvalue weighted by molar-refractivity contribution is 7.98. The SMILES string of the molecule is CSCC[C@H](NC=O)C(=O)N[C@@H](CC(C)C)C(=O)N([N+]=O)c1ccccc1. The molecule has 9 heteroatoms. The van der Waals surface area contributed by atoms with Crippen molar-refractivity contribution in [1.82, 2.24) is 15.9 Å². The topological polar surface area (TPSA) is 110 Å². The molecule has 0 saturated heterocycles. The zero-order valence-electron chi connectivity index (χ0n) is 15.8. The quantitative estimate of drug-likeness (QED) is 0.412. The Morgan fingerprint density at radius 1 is 1.22 bits per heavy atom. The maximum absolute atomic E-state index is 12.9. The van der Waals surface area contributed by atoms with Crippen LogP contribution in [0.1, 0.15) is 26.7 Å². The van der Waals surface area contributed by atoms with Crippen LogP contribution in [0.2, 0.25) is 0 Å². The van der Waals surface area contributed by atoms with Gasteiger partial charge in [-0.25, -0.2) is 0 Å². The zero-order valence-corrected chi connectivity index (χ0v) is 16.6. The highest BCUT2D eigenvalue weighted by Crippen LogP contribution is 2.15. The average molecular weight is 394 g/mol.